The zero-order chi connectivity index (χ0) is 34.6. The maximum atomic E-state index is 12.4. The van der Waals surface area contributed by atoms with E-state index >= 15 is 0 Å². The summed E-state index contributed by atoms with van der Waals surface area (Å²) in [6.45, 7) is 0. The van der Waals surface area contributed by atoms with Gasteiger partial charge in [0.2, 0.25) is 5.91 Å². The Kier molecular flexibility index (Phi) is 15.0. The highest BCUT2D eigenvalue weighted by Crippen LogP contribution is 2.27. The van der Waals surface area contributed by atoms with Crippen molar-refractivity contribution in [3.8, 4) is 23.0 Å². The maximum Gasteiger partial charge on any atom is 0.248 e. The number of halogens is 1. The van der Waals surface area contributed by atoms with Crippen LogP contribution in [0.3, 0.4) is 0 Å². The zero-order valence-electron chi connectivity index (χ0n) is 26.7. The second-order valence-electron chi connectivity index (χ2n) is 10.0. The molecule has 0 saturated carbocycles. The number of methoxy groups -OCH3 is 3. The Morgan fingerprint density at radius 2 is 1.46 bits per heavy atom. The number of nitrogens with one attached hydrogen (secondary N) is 1. The fraction of sp³-hybridized carbons (Fsp3) is 0.162. The van der Waals surface area contributed by atoms with Gasteiger partial charge in [-0.05, 0) is 98.4 Å². The average Bonchev–Trinajstić information content (AvgIpc) is 3.07. The fourth-order valence-electron chi connectivity index (χ4n) is 3.98. The molecule has 4 aromatic carbocycles. The van der Waals surface area contributed by atoms with Crippen LogP contribution in [0.2, 0.25) is 5.02 Å². The number of rotatable bonds is 11. The van der Waals surface area contributed by atoms with E-state index in [2.05, 4.69) is 11.2 Å². The first kappa shape index (κ1) is 39.1. The maximum absolute atomic E-state index is 12.4. The number of allylic oxidation sites excluding steroid dienone is 1. The van der Waals surface area contributed by atoms with E-state index in [1.54, 1.807) is 99.4 Å². The monoisotopic (exact) mass is 694 g/mol. The number of ketones is 1. The Balaban J connectivity index is 0.000000471. The van der Waals surface area contributed by atoms with Crippen LogP contribution in [0.25, 0.3) is 12.2 Å². The molecule has 1 amide bonds. The van der Waals surface area contributed by atoms with Crippen molar-refractivity contribution < 1.29 is 34.5 Å². The third kappa shape index (κ3) is 10.8. The SMILES string of the molecule is C.C=S(=O)(c1ccc(NC(=O)/C=C/c2ccccc2Cl)cc1)N(C)C.COc1ccc(C(=O)/C=C/c2ccc(OC)cc2OC)c(O)c1.[HH]. The van der Waals surface area contributed by atoms with Gasteiger partial charge in [0, 0.05) is 40.8 Å². The molecule has 0 spiro atoms. The quantitative estimate of drug-likeness (QED) is 0.0938. The number of hydrogen-bond donors (Lipinski definition) is 2. The summed E-state index contributed by atoms with van der Waals surface area (Å²) in [5.41, 5.74) is 2.32. The molecule has 11 heteroatoms. The summed E-state index contributed by atoms with van der Waals surface area (Å²) >= 11 is 6.03. The van der Waals surface area contributed by atoms with Crippen LogP contribution in [0.4, 0.5) is 5.69 Å². The molecule has 1 unspecified atom stereocenters. The molecule has 0 bridgehead atoms. The topological polar surface area (TPSA) is 114 Å². The van der Waals surface area contributed by atoms with Crippen molar-refractivity contribution in [2.75, 3.05) is 40.7 Å². The minimum atomic E-state index is -2.48. The molecule has 48 heavy (non-hydrogen) atoms. The molecule has 0 aliphatic heterocycles. The van der Waals surface area contributed by atoms with Crippen molar-refractivity contribution in [3.63, 3.8) is 0 Å². The van der Waals surface area contributed by atoms with Crippen LogP contribution in [0.15, 0.2) is 102 Å². The minimum absolute atomic E-state index is 0. The second kappa shape index (κ2) is 18.3. The molecular formula is C37H43ClN2O7S. The standard InChI is InChI=1S/C18H19ClN2O2S.C18H18O5.CH4.H2/c1-21(2)24(3,23)16-11-9-15(10-12-16)20-18(22)13-8-14-6-4-5-7-17(14)19;1-21-13-7-8-15(17(20)10-13)16(19)9-5-12-4-6-14(22-2)11-18(12)23-3;;/h4-13H,3H2,1-2H3,(H,20,22);4-11,20H,1-3H3;1H4;1H/b13-8+;9-5+;;. The highest BCUT2D eigenvalue weighted by molar-refractivity contribution is 7.98. The Bertz CT molecular complexity index is 1880. The molecule has 0 aliphatic rings. The molecule has 0 aromatic heterocycles. The third-order valence-electron chi connectivity index (χ3n) is 6.72. The van der Waals surface area contributed by atoms with Gasteiger partial charge in [-0.1, -0.05) is 37.2 Å². The average molecular weight is 695 g/mol. The van der Waals surface area contributed by atoms with E-state index in [0.717, 1.165) is 11.1 Å². The van der Waals surface area contributed by atoms with Crippen LogP contribution in [0.1, 0.15) is 30.3 Å². The number of anilines is 1. The number of ether oxygens (including phenoxy) is 3. The van der Waals surface area contributed by atoms with E-state index in [4.69, 9.17) is 25.8 Å². The second-order valence-corrected chi connectivity index (χ2v) is 12.9. The smallest absolute Gasteiger partial charge is 0.248 e. The molecule has 0 heterocycles. The summed E-state index contributed by atoms with van der Waals surface area (Å²) in [5, 5.41) is 13.2. The van der Waals surface area contributed by atoms with Crippen molar-refractivity contribution in [2.45, 2.75) is 12.3 Å². The lowest BCUT2D eigenvalue weighted by Crippen LogP contribution is -2.21. The lowest BCUT2D eigenvalue weighted by molar-refractivity contribution is -0.111. The number of carbonyl (C=O) groups is 2. The van der Waals surface area contributed by atoms with Gasteiger partial charge < -0.3 is 24.6 Å². The van der Waals surface area contributed by atoms with Crippen molar-refractivity contribution in [3.05, 3.63) is 119 Å². The van der Waals surface area contributed by atoms with E-state index in [1.165, 1.54) is 31.4 Å². The molecule has 9 nitrogen and oxygen atoms in total. The van der Waals surface area contributed by atoms with Crippen LogP contribution >= 0.6 is 11.6 Å². The number of carbonyl (C=O) groups excluding carboxylic acids is 2. The van der Waals surface area contributed by atoms with Gasteiger partial charge in [-0.25, -0.2) is 8.51 Å². The Morgan fingerprint density at radius 1 is 0.854 bits per heavy atom. The predicted octanol–water partition coefficient (Wildman–Crippen LogP) is 7.74. The first-order valence-electron chi connectivity index (χ1n) is 14.1. The van der Waals surface area contributed by atoms with Gasteiger partial charge in [-0.2, -0.15) is 0 Å². The normalized spacial score (nSPS) is 12.0. The minimum Gasteiger partial charge on any atom is -0.507 e. The fourth-order valence-corrected chi connectivity index (χ4v) is 5.16. The van der Waals surface area contributed by atoms with Gasteiger partial charge in [0.1, 0.15) is 23.0 Å². The summed E-state index contributed by atoms with van der Waals surface area (Å²) in [6.07, 6.45) is 6.08. The van der Waals surface area contributed by atoms with Gasteiger partial charge >= 0.3 is 0 Å². The van der Waals surface area contributed by atoms with Gasteiger partial charge in [-0.3, -0.25) is 9.59 Å². The highest BCUT2D eigenvalue weighted by atomic mass is 35.5. The molecule has 256 valence electrons. The Labute approximate surface area is 289 Å². The van der Waals surface area contributed by atoms with Crippen LogP contribution in [-0.2, 0) is 14.5 Å². The Hall–Kier alpha value is -5.03. The summed E-state index contributed by atoms with van der Waals surface area (Å²) in [6, 6.07) is 23.9. The number of aromatic hydroxyl groups is 1. The predicted molar refractivity (Wildman–Crippen MR) is 199 cm³/mol. The highest BCUT2D eigenvalue weighted by Gasteiger charge is 2.11. The van der Waals surface area contributed by atoms with Crippen molar-refractivity contribution in [1.29, 1.82) is 0 Å². The molecular weight excluding hydrogens is 652 g/mol. The molecule has 2 N–H and O–H groups in total. The van der Waals surface area contributed by atoms with E-state index in [1.807, 2.05) is 18.2 Å². The first-order valence-corrected chi connectivity index (χ1v) is 16.2. The van der Waals surface area contributed by atoms with Gasteiger partial charge in [0.15, 0.2) is 5.78 Å². The summed E-state index contributed by atoms with van der Waals surface area (Å²) in [7, 11) is 5.55. The molecule has 1 atom stereocenters. The van der Waals surface area contributed by atoms with Crippen LogP contribution in [0.5, 0.6) is 23.0 Å². The molecule has 0 fully saturated rings. The number of amides is 1. The molecule has 0 saturated heterocycles. The number of benzene rings is 4. The van der Waals surface area contributed by atoms with Crippen LogP contribution < -0.4 is 19.5 Å². The molecule has 0 aliphatic carbocycles. The van der Waals surface area contributed by atoms with E-state index in [-0.39, 0.29) is 31.9 Å². The third-order valence-corrected chi connectivity index (χ3v) is 9.26. The lowest BCUT2D eigenvalue weighted by atomic mass is 10.1. The van der Waals surface area contributed by atoms with Crippen LogP contribution in [-0.4, -0.2) is 66.6 Å². The number of nitrogens with zero attached hydrogens (tertiary/aromatic N) is 1. The van der Waals surface area contributed by atoms with Gasteiger partial charge in [-0.15, -0.1) is 0 Å². The van der Waals surface area contributed by atoms with E-state index in [9.17, 15) is 18.9 Å². The molecule has 4 rings (SSSR count). The number of phenolic OH excluding ortho intramolecular Hbond substituents is 1. The molecule has 0 radical (unpaired) electrons. The number of phenols is 1. The van der Waals surface area contributed by atoms with Crippen molar-refractivity contribution >= 4 is 56.7 Å². The van der Waals surface area contributed by atoms with Crippen LogP contribution in [0, 0.1) is 0 Å². The summed E-state index contributed by atoms with van der Waals surface area (Å²) in [4.78, 5) is 24.8. The largest absolute Gasteiger partial charge is 0.507 e. The molecule has 4 aromatic rings. The van der Waals surface area contributed by atoms with Crippen molar-refractivity contribution in [1.82, 2.24) is 4.31 Å². The van der Waals surface area contributed by atoms with E-state index in [0.29, 0.717) is 32.9 Å². The van der Waals surface area contributed by atoms with Gasteiger partial charge in [0.25, 0.3) is 0 Å². The van der Waals surface area contributed by atoms with E-state index < -0.39 is 9.71 Å². The zero-order valence-corrected chi connectivity index (χ0v) is 28.3. The Morgan fingerprint density at radius 3 is 2.04 bits per heavy atom. The summed E-state index contributed by atoms with van der Waals surface area (Å²) in [5.74, 6) is 4.77. The van der Waals surface area contributed by atoms with Crippen molar-refractivity contribution in [2.24, 2.45) is 0 Å². The first-order chi connectivity index (χ1) is 22.4. The van der Waals surface area contributed by atoms with Gasteiger partial charge in [0.05, 0.1) is 36.6 Å². The lowest BCUT2D eigenvalue weighted by Gasteiger charge is -2.17. The summed E-state index contributed by atoms with van der Waals surface area (Å²) < 4.78 is 29.4. The number of hydrogen-bond acceptors (Lipinski definition) is 7.